The zero-order valence-electron chi connectivity index (χ0n) is 10.5. The number of furan rings is 1. The van der Waals surface area contributed by atoms with E-state index in [0.717, 1.165) is 10.9 Å². The van der Waals surface area contributed by atoms with Crippen molar-refractivity contribution in [2.45, 2.75) is 38.2 Å². The van der Waals surface area contributed by atoms with E-state index in [1.807, 2.05) is 39.0 Å². The summed E-state index contributed by atoms with van der Waals surface area (Å²) in [7, 11) is 1.58. The molecule has 0 aliphatic rings. The Kier molecular flexibility index (Phi) is 3.43. The van der Waals surface area contributed by atoms with Crippen LogP contribution in [-0.2, 0) is 15.5 Å². The molecule has 0 aliphatic heterocycles. The molecule has 98 valence electrons. The Balaban J connectivity index is 2.89. The second-order valence-electron chi connectivity index (χ2n) is 4.54. The Morgan fingerprint density at radius 2 is 2.00 bits per heavy atom. The molecule has 0 aliphatic carbocycles. The number of rotatable bonds is 3. The van der Waals surface area contributed by atoms with Crippen LogP contribution in [0.1, 0.15) is 37.8 Å². The molecule has 0 fully saturated rings. The molecule has 0 unspecified atom stereocenters. The molecule has 1 aromatic carbocycles. The van der Waals surface area contributed by atoms with Gasteiger partial charge in [0, 0.05) is 21.6 Å². The van der Waals surface area contributed by atoms with Crippen LogP contribution in [0.5, 0.6) is 0 Å². The fourth-order valence-electron chi connectivity index (χ4n) is 2.16. The lowest BCUT2D eigenvalue weighted by molar-refractivity contribution is 0.478. The molecule has 2 rings (SSSR count). The zero-order chi connectivity index (χ0) is 13.5. The van der Waals surface area contributed by atoms with Crippen LogP contribution in [0.2, 0.25) is 0 Å². The molecule has 1 heterocycles. The van der Waals surface area contributed by atoms with Crippen molar-refractivity contribution in [2.24, 2.45) is 0 Å². The maximum atomic E-state index is 11.5. The summed E-state index contributed by atoms with van der Waals surface area (Å²) in [5, 5.41) is 0.720. The van der Waals surface area contributed by atoms with Crippen molar-refractivity contribution in [2.75, 3.05) is 0 Å². The number of halogens is 1. The number of benzene rings is 1. The van der Waals surface area contributed by atoms with Gasteiger partial charge in [-0.2, -0.15) is 0 Å². The summed E-state index contributed by atoms with van der Waals surface area (Å²) in [6.45, 7) is 5.97. The quantitative estimate of drug-likeness (QED) is 0.800. The molecular weight excluding hydrogens is 272 g/mol. The molecule has 0 atom stereocenters. The van der Waals surface area contributed by atoms with Gasteiger partial charge in [0.2, 0.25) is 5.09 Å². The third-order valence-corrected chi connectivity index (χ3v) is 4.20. The minimum Gasteiger partial charge on any atom is -0.443 e. The summed E-state index contributed by atoms with van der Waals surface area (Å²) in [5.74, 6) is 0.260. The lowest BCUT2D eigenvalue weighted by atomic mass is 10.00. The lowest BCUT2D eigenvalue weighted by Gasteiger charge is -2.04. The third kappa shape index (κ3) is 2.15. The first-order valence-corrected chi connectivity index (χ1v) is 8.16. The number of para-hydroxylation sites is 1. The van der Waals surface area contributed by atoms with Crippen molar-refractivity contribution in [3.63, 3.8) is 0 Å². The predicted molar refractivity (Wildman–Crippen MR) is 72.7 cm³/mol. The highest BCUT2D eigenvalue weighted by molar-refractivity contribution is 8.13. The van der Waals surface area contributed by atoms with E-state index in [4.69, 9.17) is 15.1 Å². The number of hydrogen-bond acceptors (Lipinski definition) is 3. The number of fused-ring (bicyclic) bond motifs is 1. The summed E-state index contributed by atoms with van der Waals surface area (Å²) in [6.07, 6.45) is 0.565. The summed E-state index contributed by atoms with van der Waals surface area (Å²) in [6, 6.07) is 5.73. The van der Waals surface area contributed by atoms with Gasteiger partial charge in [0.25, 0.3) is 9.05 Å². The first-order valence-electron chi connectivity index (χ1n) is 5.85. The van der Waals surface area contributed by atoms with Crippen molar-refractivity contribution in [1.82, 2.24) is 0 Å². The van der Waals surface area contributed by atoms with Crippen molar-refractivity contribution in [3.05, 3.63) is 29.3 Å². The van der Waals surface area contributed by atoms with Crippen LogP contribution in [0.15, 0.2) is 27.7 Å². The lowest BCUT2D eigenvalue weighted by Crippen LogP contribution is -1.92. The van der Waals surface area contributed by atoms with Crippen LogP contribution in [0.25, 0.3) is 11.0 Å². The molecule has 0 saturated carbocycles. The first kappa shape index (κ1) is 13.4. The third-order valence-electron chi connectivity index (χ3n) is 3.01. The van der Waals surface area contributed by atoms with Gasteiger partial charge < -0.3 is 4.42 Å². The van der Waals surface area contributed by atoms with Crippen LogP contribution in [0, 0.1) is 0 Å². The summed E-state index contributed by atoms with van der Waals surface area (Å²) < 4.78 is 28.6. The summed E-state index contributed by atoms with van der Waals surface area (Å²) in [5.41, 5.74) is 2.28. The molecule has 2 aromatic rings. The molecule has 0 spiro atoms. The summed E-state index contributed by atoms with van der Waals surface area (Å²) >= 11 is 0. The van der Waals surface area contributed by atoms with E-state index in [2.05, 4.69) is 0 Å². The monoisotopic (exact) mass is 286 g/mol. The van der Waals surface area contributed by atoms with Crippen LogP contribution >= 0.6 is 10.7 Å². The van der Waals surface area contributed by atoms with Crippen LogP contribution in [-0.4, -0.2) is 8.42 Å². The van der Waals surface area contributed by atoms with E-state index >= 15 is 0 Å². The second kappa shape index (κ2) is 4.59. The molecular formula is C13H15ClO3S. The van der Waals surface area contributed by atoms with E-state index in [-0.39, 0.29) is 11.0 Å². The average Bonchev–Trinajstić information content (AvgIpc) is 2.66. The maximum absolute atomic E-state index is 11.5. The highest BCUT2D eigenvalue weighted by Crippen LogP contribution is 2.35. The smallest absolute Gasteiger partial charge is 0.294 e. The molecule has 0 bridgehead atoms. The van der Waals surface area contributed by atoms with Crippen LogP contribution in [0.4, 0.5) is 0 Å². The van der Waals surface area contributed by atoms with E-state index in [9.17, 15) is 8.42 Å². The van der Waals surface area contributed by atoms with Crippen molar-refractivity contribution >= 4 is 30.7 Å². The Hall–Kier alpha value is -1.00. The van der Waals surface area contributed by atoms with Crippen molar-refractivity contribution in [1.29, 1.82) is 0 Å². The van der Waals surface area contributed by atoms with E-state index in [1.54, 1.807) is 0 Å². The van der Waals surface area contributed by atoms with Crippen molar-refractivity contribution in [3.8, 4) is 0 Å². The molecule has 3 nitrogen and oxygen atoms in total. The Bertz CT molecular complexity index is 684. The van der Waals surface area contributed by atoms with Crippen molar-refractivity contribution < 1.29 is 12.8 Å². The standard InChI is InChI=1S/C13H15ClO3S/c1-4-9-11-7-5-6-10(8(2)3)12(11)17-13(9)18(14,15)16/h5-8H,4H2,1-3H3. The van der Waals surface area contributed by atoms with Gasteiger partial charge in [0.1, 0.15) is 5.58 Å². The topological polar surface area (TPSA) is 47.3 Å². The highest BCUT2D eigenvalue weighted by Gasteiger charge is 2.24. The largest absolute Gasteiger partial charge is 0.443 e. The fraction of sp³-hybridized carbons (Fsp3) is 0.385. The van der Waals surface area contributed by atoms with Gasteiger partial charge in [0.05, 0.1) is 0 Å². The van der Waals surface area contributed by atoms with E-state index in [0.29, 0.717) is 17.6 Å². The zero-order valence-corrected chi connectivity index (χ0v) is 12.1. The van der Waals surface area contributed by atoms with E-state index < -0.39 is 9.05 Å². The van der Waals surface area contributed by atoms with Gasteiger partial charge in [-0.1, -0.05) is 39.0 Å². The first-order chi connectivity index (χ1) is 8.36. The van der Waals surface area contributed by atoms with Gasteiger partial charge in [-0.25, -0.2) is 8.42 Å². The van der Waals surface area contributed by atoms with Crippen LogP contribution in [0.3, 0.4) is 0 Å². The average molecular weight is 287 g/mol. The van der Waals surface area contributed by atoms with E-state index in [1.165, 1.54) is 0 Å². The maximum Gasteiger partial charge on any atom is 0.294 e. The van der Waals surface area contributed by atoms with Crippen LogP contribution < -0.4 is 0 Å². The highest BCUT2D eigenvalue weighted by atomic mass is 35.7. The minimum absolute atomic E-state index is 0.116. The number of aryl methyl sites for hydroxylation is 1. The Morgan fingerprint density at radius 3 is 2.50 bits per heavy atom. The molecule has 5 heteroatoms. The van der Waals surface area contributed by atoms with Gasteiger partial charge in [-0.3, -0.25) is 0 Å². The Labute approximate surface area is 111 Å². The molecule has 0 N–H and O–H groups in total. The molecule has 0 radical (unpaired) electrons. The molecule has 0 amide bonds. The minimum atomic E-state index is -3.84. The molecule has 1 aromatic heterocycles. The van der Waals surface area contributed by atoms with Gasteiger partial charge in [-0.15, -0.1) is 0 Å². The molecule has 0 saturated heterocycles. The van der Waals surface area contributed by atoms with Gasteiger partial charge in [-0.05, 0) is 17.9 Å². The van der Waals surface area contributed by atoms with Gasteiger partial charge in [0.15, 0.2) is 0 Å². The molecule has 18 heavy (non-hydrogen) atoms. The van der Waals surface area contributed by atoms with Gasteiger partial charge >= 0.3 is 0 Å². The fourth-order valence-corrected chi connectivity index (χ4v) is 3.26. The second-order valence-corrected chi connectivity index (χ2v) is 7.00. The summed E-state index contributed by atoms with van der Waals surface area (Å²) in [4.78, 5) is 0. The predicted octanol–water partition coefficient (Wildman–Crippen LogP) is 4.05. The Morgan fingerprint density at radius 1 is 1.33 bits per heavy atom. The number of hydrogen-bond donors (Lipinski definition) is 0. The normalized spacial score (nSPS) is 12.5. The SMILES string of the molecule is CCc1c(S(=O)(=O)Cl)oc2c(C(C)C)cccc12.